The van der Waals surface area contributed by atoms with E-state index in [4.69, 9.17) is 10.5 Å². The average Bonchev–Trinajstić information content (AvgIpc) is 2.42. The zero-order chi connectivity index (χ0) is 15.6. The van der Waals surface area contributed by atoms with E-state index >= 15 is 0 Å². The molecule has 0 saturated heterocycles. The average molecular weight is 294 g/mol. The third kappa shape index (κ3) is 2.97. The molecule has 2 aromatic carbocycles. The van der Waals surface area contributed by atoms with Gasteiger partial charge in [0.25, 0.3) is 0 Å². The van der Waals surface area contributed by atoms with Crippen LogP contribution in [0.2, 0.25) is 0 Å². The third-order valence-corrected chi connectivity index (χ3v) is 2.84. The van der Waals surface area contributed by atoms with Crippen molar-refractivity contribution in [1.29, 1.82) is 0 Å². The van der Waals surface area contributed by atoms with Gasteiger partial charge in [-0.1, -0.05) is 18.2 Å². The molecule has 1 atom stereocenters. The van der Waals surface area contributed by atoms with Crippen LogP contribution in [0.3, 0.4) is 0 Å². The number of benzene rings is 2. The SMILES string of the molecule is CC(N)c1cccc(F)c1Oc1c(F)cccc1[N+](=O)[O-]. The zero-order valence-corrected chi connectivity index (χ0v) is 11.0. The minimum atomic E-state index is -0.955. The van der Waals surface area contributed by atoms with E-state index in [1.807, 2.05) is 0 Å². The summed E-state index contributed by atoms with van der Waals surface area (Å²) < 4.78 is 32.8. The van der Waals surface area contributed by atoms with Crippen molar-refractivity contribution in [1.82, 2.24) is 0 Å². The van der Waals surface area contributed by atoms with Gasteiger partial charge in [0.15, 0.2) is 17.4 Å². The maximum absolute atomic E-state index is 13.9. The summed E-state index contributed by atoms with van der Waals surface area (Å²) in [5, 5.41) is 10.9. The van der Waals surface area contributed by atoms with Crippen LogP contribution in [0.15, 0.2) is 36.4 Å². The number of ether oxygens (including phenoxy) is 1. The van der Waals surface area contributed by atoms with Gasteiger partial charge in [0.2, 0.25) is 5.75 Å². The molecule has 0 aromatic heterocycles. The standard InChI is InChI=1S/C14H12F2N2O3/c1-8(17)9-4-2-5-10(15)13(9)21-14-11(16)6-3-7-12(14)18(19)20/h2-8H,17H2,1H3. The first-order valence-electron chi connectivity index (χ1n) is 6.06. The fourth-order valence-electron chi connectivity index (χ4n) is 1.84. The van der Waals surface area contributed by atoms with Crippen molar-refractivity contribution in [3.63, 3.8) is 0 Å². The van der Waals surface area contributed by atoms with Crippen LogP contribution in [0.4, 0.5) is 14.5 Å². The van der Waals surface area contributed by atoms with Crippen LogP contribution in [-0.2, 0) is 0 Å². The Morgan fingerprint density at radius 2 is 1.71 bits per heavy atom. The van der Waals surface area contributed by atoms with Crippen molar-refractivity contribution >= 4 is 5.69 Å². The van der Waals surface area contributed by atoms with Gasteiger partial charge in [-0.3, -0.25) is 10.1 Å². The largest absolute Gasteiger partial charge is 0.444 e. The molecule has 2 aromatic rings. The second kappa shape index (κ2) is 5.84. The van der Waals surface area contributed by atoms with Crippen LogP contribution < -0.4 is 10.5 Å². The van der Waals surface area contributed by atoms with Crippen molar-refractivity contribution in [2.24, 2.45) is 5.73 Å². The number of halogens is 2. The molecule has 2 N–H and O–H groups in total. The highest BCUT2D eigenvalue weighted by molar-refractivity contribution is 5.50. The lowest BCUT2D eigenvalue weighted by molar-refractivity contribution is -0.385. The van der Waals surface area contributed by atoms with E-state index in [0.29, 0.717) is 0 Å². The van der Waals surface area contributed by atoms with Gasteiger partial charge in [0.1, 0.15) is 0 Å². The topological polar surface area (TPSA) is 78.4 Å². The molecule has 0 aliphatic rings. The number of nitro benzene ring substituents is 1. The summed E-state index contributed by atoms with van der Waals surface area (Å²) in [6, 6.07) is 6.70. The molecular weight excluding hydrogens is 282 g/mol. The summed E-state index contributed by atoms with van der Waals surface area (Å²) in [6.45, 7) is 1.59. The van der Waals surface area contributed by atoms with Gasteiger partial charge >= 0.3 is 5.69 Å². The van der Waals surface area contributed by atoms with Gasteiger partial charge in [0.05, 0.1) is 4.92 Å². The zero-order valence-electron chi connectivity index (χ0n) is 11.0. The lowest BCUT2D eigenvalue weighted by Gasteiger charge is -2.14. The van der Waals surface area contributed by atoms with E-state index in [0.717, 1.165) is 18.2 Å². The molecule has 0 saturated carbocycles. The Balaban J connectivity index is 2.56. The molecule has 5 nitrogen and oxygen atoms in total. The van der Waals surface area contributed by atoms with Crippen LogP contribution in [0, 0.1) is 21.7 Å². The summed E-state index contributed by atoms with van der Waals surface area (Å²) in [5.41, 5.74) is 5.39. The molecule has 0 heterocycles. The lowest BCUT2D eigenvalue weighted by atomic mass is 10.1. The molecule has 21 heavy (non-hydrogen) atoms. The molecule has 1 unspecified atom stereocenters. The number of nitrogens with two attached hydrogens (primary N) is 1. The first-order chi connectivity index (χ1) is 9.91. The second-order valence-corrected chi connectivity index (χ2v) is 4.39. The van der Waals surface area contributed by atoms with Crippen molar-refractivity contribution < 1.29 is 18.4 Å². The van der Waals surface area contributed by atoms with Crippen molar-refractivity contribution in [2.45, 2.75) is 13.0 Å². The first kappa shape index (κ1) is 14.9. The Hall–Kier alpha value is -2.54. The Labute approximate surface area is 119 Å². The first-order valence-corrected chi connectivity index (χ1v) is 6.06. The molecule has 0 spiro atoms. The van der Waals surface area contributed by atoms with Gasteiger partial charge in [-0.15, -0.1) is 0 Å². The Bertz CT molecular complexity index is 690. The summed E-state index contributed by atoms with van der Waals surface area (Å²) in [5.74, 6) is -2.69. The summed E-state index contributed by atoms with van der Waals surface area (Å²) in [7, 11) is 0. The summed E-state index contributed by atoms with van der Waals surface area (Å²) in [4.78, 5) is 10.1. The predicted octanol–water partition coefficient (Wildman–Crippen LogP) is 3.69. The highest BCUT2D eigenvalue weighted by Gasteiger charge is 2.23. The minimum Gasteiger partial charge on any atom is -0.444 e. The van der Waals surface area contributed by atoms with E-state index in [-0.39, 0.29) is 11.3 Å². The van der Waals surface area contributed by atoms with Crippen LogP contribution in [-0.4, -0.2) is 4.92 Å². The molecule has 7 heteroatoms. The van der Waals surface area contributed by atoms with Gasteiger partial charge in [-0.25, -0.2) is 8.78 Å². The molecule has 0 radical (unpaired) electrons. The quantitative estimate of drug-likeness (QED) is 0.689. The molecule has 0 aliphatic carbocycles. The number of hydrogen-bond acceptors (Lipinski definition) is 4. The fraction of sp³-hybridized carbons (Fsp3) is 0.143. The maximum atomic E-state index is 13.9. The Kier molecular flexibility index (Phi) is 4.13. The summed E-state index contributed by atoms with van der Waals surface area (Å²) in [6.07, 6.45) is 0. The van der Waals surface area contributed by atoms with Gasteiger partial charge < -0.3 is 10.5 Å². The van der Waals surface area contributed by atoms with E-state index in [9.17, 15) is 18.9 Å². The smallest absolute Gasteiger partial charge is 0.314 e. The van der Waals surface area contributed by atoms with Crippen molar-refractivity contribution in [3.05, 3.63) is 63.7 Å². The highest BCUT2D eigenvalue weighted by Crippen LogP contribution is 2.37. The minimum absolute atomic E-state index is 0.285. The lowest BCUT2D eigenvalue weighted by Crippen LogP contribution is -2.08. The molecular formula is C14H12F2N2O3. The van der Waals surface area contributed by atoms with E-state index in [2.05, 4.69) is 0 Å². The summed E-state index contributed by atoms with van der Waals surface area (Å²) >= 11 is 0. The molecule has 2 rings (SSSR count). The van der Waals surface area contributed by atoms with Gasteiger partial charge in [-0.2, -0.15) is 0 Å². The third-order valence-electron chi connectivity index (χ3n) is 2.84. The number of nitrogens with zero attached hydrogens (tertiary/aromatic N) is 1. The van der Waals surface area contributed by atoms with E-state index < -0.39 is 34.0 Å². The molecule has 0 aliphatic heterocycles. The van der Waals surface area contributed by atoms with Crippen molar-refractivity contribution in [2.75, 3.05) is 0 Å². The second-order valence-electron chi connectivity index (χ2n) is 4.39. The number of hydrogen-bond donors (Lipinski definition) is 1. The Morgan fingerprint density at radius 3 is 2.29 bits per heavy atom. The van der Waals surface area contributed by atoms with Crippen molar-refractivity contribution in [3.8, 4) is 11.5 Å². The Morgan fingerprint density at radius 1 is 1.14 bits per heavy atom. The maximum Gasteiger partial charge on any atom is 0.314 e. The fourth-order valence-corrected chi connectivity index (χ4v) is 1.84. The molecule has 0 fully saturated rings. The van der Waals surface area contributed by atoms with Gasteiger partial charge in [-0.05, 0) is 19.1 Å². The highest BCUT2D eigenvalue weighted by atomic mass is 19.1. The van der Waals surface area contributed by atoms with Crippen LogP contribution in [0.25, 0.3) is 0 Å². The van der Waals surface area contributed by atoms with Crippen LogP contribution in [0.1, 0.15) is 18.5 Å². The number of nitro groups is 1. The molecule has 110 valence electrons. The van der Waals surface area contributed by atoms with Crippen LogP contribution >= 0.6 is 0 Å². The number of para-hydroxylation sites is 2. The predicted molar refractivity (Wildman–Crippen MR) is 72.1 cm³/mol. The van der Waals surface area contributed by atoms with E-state index in [1.165, 1.54) is 18.2 Å². The monoisotopic (exact) mass is 294 g/mol. The van der Waals surface area contributed by atoms with Gasteiger partial charge in [0, 0.05) is 17.7 Å². The van der Waals surface area contributed by atoms with E-state index in [1.54, 1.807) is 6.92 Å². The normalized spacial score (nSPS) is 12.0. The number of rotatable bonds is 4. The molecule has 0 amide bonds. The van der Waals surface area contributed by atoms with Crippen LogP contribution in [0.5, 0.6) is 11.5 Å². The molecule has 0 bridgehead atoms.